The van der Waals surface area contributed by atoms with Crippen LogP contribution in [0.5, 0.6) is 0 Å². The van der Waals surface area contributed by atoms with Gasteiger partial charge in [-0.3, -0.25) is 0 Å². The third-order valence-corrected chi connectivity index (χ3v) is 4.34. The summed E-state index contributed by atoms with van der Waals surface area (Å²) in [6.45, 7) is 0. The van der Waals surface area contributed by atoms with Crippen molar-refractivity contribution in [1.82, 2.24) is 0 Å². The van der Waals surface area contributed by atoms with Crippen LogP contribution in [0.15, 0.2) is 60.0 Å². The monoisotopic (exact) mass is 297 g/mol. The van der Waals surface area contributed by atoms with Crippen LogP contribution in [0, 0.1) is 0 Å². The number of nitrogens with one attached hydrogen (secondary N) is 1. The second kappa shape index (κ2) is 5.97. The molecule has 1 heterocycles. The molecule has 106 valence electrons. The Kier molecular flexibility index (Phi) is 3.88. The van der Waals surface area contributed by atoms with E-state index in [1.807, 2.05) is 60.0 Å². The lowest BCUT2D eigenvalue weighted by molar-refractivity contribution is -0.137. The predicted molar refractivity (Wildman–Crippen MR) is 87.0 cm³/mol. The Morgan fingerprint density at radius 1 is 1.10 bits per heavy atom. The van der Waals surface area contributed by atoms with E-state index in [0.29, 0.717) is 6.42 Å². The molecular formula is C17H15NO2S. The normalized spacial score (nSPS) is 12.2. The molecule has 4 heteroatoms. The summed E-state index contributed by atoms with van der Waals surface area (Å²) in [5.74, 6) is -0.837. The fourth-order valence-electron chi connectivity index (χ4n) is 2.31. The van der Waals surface area contributed by atoms with Crippen LogP contribution in [-0.2, 0) is 11.2 Å². The Hall–Kier alpha value is -2.33. The average Bonchev–Trinajstić information content (AvgIpc) is 2.91. The molecule has 21 heavy (non-hydrogen) atoms. The molecule has 0 fully saturated rings. The third-order valence-electron chi connectivity index (χ3n) is 3.40. The van der Waals surface area contributed by atoms with Crippen LogP contribution in [0.3, 0.4) is 0 Å². The summed E-state index contributed by atoms with van der Waals surface area (Å²) in [5.41, 5.74) is 1.01. The Labute approximate surface area is 126 Å². The molecule has 3 rings (SSSR count). The smallest absolute Gasteiger partial charge is 0.326 e. The molecule has 0 radical (unpaired) electrons. The molecule has 1 atom stereocenters. The first-order valence-corrected chi connectivity index (χ1v) is 7.61. The van der Waals surface area contributed by atoms with E-state index in [9.17, 15) is 9.90 Å². The van der Waals surface area contributed by atoms with Crippen molar-refractivity contribution in [2.45, 2.75) is 12.5 Å². The van der Waals surface area contributed by atoms with E-state index in [2.05, 4.69) is 5.32 Å². The van der Waals surface area contributed by atoms with Crippen molar-refractivity contribution in [3.05, 3.63) is 65.5 Å². The van der Waals surface area contributed by atoms with Crippen molar-refractivity contribution >= 4 is 33.1 Å². The molecule has 3 nitrogen and oxygen atoms in total. The van der Waals surface area contributed by atoms with Crippen LogP contribution in [0.2, 0.25) is 0 Å². The van der Waals surface area contributed by atoms with E-state index in [4.69, 9.17) is 0 Å². The number of carboxylic acid groups (broad SMARTS) is 1. The summed E-state index contributed by atoms with van der Waals surface area (Å²) in [6.07, 6.45) is 0.461. The molecule has 3 aromatic rings. The standard InChI is InChI=1S/C17H15NO2S/c19-17(20)15(10-12-6-2-1-3-7-12)18-16-14-9-5-4-8-13(14)11-21-16/h1-9,11,15,18H,10H2,(H,19,20). The molecule has 2 N–H and O–H groups in total. The number of rotatable bonds is 5. The zero-order valence-corrected chi connectivity index (χ0v) is 12.1. The van der Waals surface area contributed by atoms with Crippen molar-refractivity contribution in [3.8, 4) is 0 Å². The van der Waals surface area contributed by atoms with Crippen LogP contribution in [0.1, 0.15) is 5.56 Å². The molecule has 0 saturated carbocycles. The Balaban J connectivity index is 1.84. The number of fused-ring (bicyclic) bond motifs is 1. The lowest BCUT2D eigenvalue weighted by atomic mass is 10.1. The molecule has 0 saturated heterocycles. The summed E-state index contributed by atoms with van der Waals surface area (Å²) >= 11 is 1.54. The highest BCUT2D eigenvalue weighted by molar-refractivity contribution is 7.16. The second-order valence-corrected chi connectivity index (χ2v) is 5.76. The van der Waals surface area contributed by atoms with Gasteiger partial charge in [0.15, 0.2) is 0 Å². The largest absolute Gasteiger partial charge is 0.480 e. The fourth-order valence-corrected chi connectivity index (χ4v) is 3.29. The number of aliphatic carboxylic acids is 1. The molecule has 0 aliphatic rings. The number of carbonyl (C=O) groups is 1. The second-order valence-electron chi connectivity index (χ2n) is 4.88. The summed E-state index contributed by atoms with van der Waals surface area (Å²) in [5, 5.41) is 17.8. The first kappa shape index (κ1) is 13.6. The summed E-state index contributed by atoms with van der Waals surface area (Å²) in [7, 11) is 0. The van der Waals surface area contributed by atoms with Crippen molar-refractivity contribution in [2.75, 3.05) is 5.32 Å². The SMILES string of the molecule is O=C(O)C(Cc1ccccc1)Nc1scc2ccccc12. The van der Waals surface area contributed by atoms with Gasteiger partial charge in [0.25, 0.3) is 0 Å². The zero-order chi connectivity index (χ0) is 14.7. The first-order chi connectivity index (χ1) is 10.2. The van der Waals surface area contributed by atoms with Gasteiger partial charge in [-0.25, -0.2) is 4.79 Å². The predicted octanol–water partition coefficient (Wildman–Crippen LogP) is 4.01. The Morgan fingerprint density at radius 3 is 2.57 bits per heavy atom. The van der Waals surface area contributed by atoms with Gasteiger partial charge in [0.2, 0.25) is 0 Å². The highest BCUT2D eigenvalue weighted by Crippen LogP contribution is 2.31. The lowest BCUT2D eigenvalue weighted by Gasteiger charge is -2.15. The minimum atomic E-state index is -0.837. The maximum Gasteiger partial charge on any atom is 0.326 e. The Morgan fingerprint density at radius 2 is 1.81 bits per heavy atom. The number of hydrogen-bond donors (Lipinski definition) is 2. The minimum Gasteiger partial charge on any atom is -0.480 e. The number of hydrogen-bond acceptors (Lipinski definition) is 3. The lowest BCUT2D eigenvalue weighted by Crippen LogP contribution is -2.31. The Bertz CT molecular complexity index is 752. The van der Waals surface area contributed by atoms with Crippen LogP contribution in [0.4, 0.5) is 5.00 Å². The summed E-state index contributed by atoms with van der Waals surface area (Å²) < 4.78 is 0. The van der Waals surface area contributed by atoms with E-state index in [1.54, 1.807) is 11.3 Å². The maximum atomic E-state index is 11.5. The van der Waals surface area contributed by atoms with Gasteiger partial charge in [-0.05, 0) is 10.9 Å². The molecule has 0 aliphatic heterocycles. The number of thiophene rings is 1. The van der Waals surface area contributed by atoms with Crippen LogP contribution < -0.4 is 5.32 Å². The molecule has 0 aliphatic carbocycles. The summed E-state index contributed by atoms with van der Waals surface area (Å²) in [6, 6.07) is 17.0. The molecule has 0 spiro atoms. The number of anilines is 1. The van der Waals surface area contributed by atoms with Crippen molar-refractivity contribution < 1.29 is 9.90 Å². The van der Waals surface area contributed by atoms with Gasteiger partial charge in [-0.2, -0.15) is 0 Å². The molecule has 1 unspecified atom stereocenters. The zero-order valence-electron chi connectivity index (χ0n) is 11.3. The van der Waals surface area contributed by atoms with Crippen LogP contribution in [-0.4, -0.2) is 17.1 Å². The van der Waals surface area contributed by atoms with Gasteiger partial charge < -0.3 is 10.4 Å². The highest BCUT2D eigenvalue weighted by Gasteiger charge is 2.19. The van der Waals surface area contributed by atoms with Crippen molar-refractivity contribution in [2.24, 2.45) is 0 Å². The highest BCUT2D eigenvalue weighted by atomic mass is 32.1. The topological polar surface area (TPSA) is 49.3 Å². The first-order valence-electron chi connectivity index (χ1n) is 6.73. The number of carboxylic acids is 1. The van der Waals surface area contributed by atoms with Gasteiger partial charge in [-0.15, -0.1) is 11.3 Å². The van der Waals surface area contributed by atoms with E-state index < -0.39 is 12.0 Å². The van der Waals surface area contributed by atoms with Crippen LogP contribution >= 0.6 is 11.3 Å². The maximum absolute atomic E-state index is 11.5. The van der Waals surface area contributed by atoms with Crippen LogP contribution in [0.25, 0.3) is 10.8 Å². The average molecular weight is 297 g/mol. The third kappa shape index (κ3) is 3.06. The van der Waals surface area contributed by atoms with E-state index >= 15 is 0 Å². The van der Waals surface area contributed by atoms with Crippen molar-refractivity contribution in [1.29, 1.82) is 0 Å². The van der Waals surface area contributed by atoms with Gasteiger partial charge in [0.05, 0.1) is 5.00 Å². The fraction of sp³-hybridized carbons (Fsp3) is 0.118. The van der Waals surface area contributed by atoms with Gasteiger partial charge in [0, 0.05) is 17.2 Å². The molecule has 0 bridgehead atoms. The van der Waals surface area contributed by atoms with E-state index in [-0.39, 0.29) is 0 Å². The van der Waals surface area contributed by atoms with Gasteiger partial charge in [0.1, 0.15) is 6.04 Å². The van der Waals surface area contributed by atoms with Crippen molar-refractivity contribution in [3.63, 3.8) is 0 Å². The quantitative estimate of drug-likeness (QED) is 0.748. The summed E-state index contributed by atoms with van der Waals surface area (Å²) in [4.78, 5) is 11.5. The molecule has 1 aromatic heterocycles. The van der Waals surface area contributed by atoms with E-state index in [0.717, 1.165) is 21.3 Å². The van der Waals surface area contributed by atoms with E-state index in [1.165, 1.54) is 0 Å². The minimum absolute atomic E-state index is 0.461. The molecular weight excluding hydrogens is 282 g/mol. The van der Waals surface area contributed by atoms with Gasteiger partial charge >= 0.3 is 5.97 Å². The molecule has 2 aromatic carbocycles. The van der Waals surface area contributed by atoms with Gasteiger partial charge in [-0.1, -0.05) is 54.6 Å². The molecule has 0 amide bonds. The number of benzene rings is 2.